The van der Waals surface area contributed by atoms with Crippen molar-refractivity contribution in [2.24, 2.45) is 11.8 Å². The second-order valence-electron chi connectivity index (χ2n) is 24.2. The highest BCUT2D eigenvalue weighted by molar-refractivity contribution is 5.98. The zero-order valence-corrected chi connectivity index (χ0v) is 47.9. The second-order valence-corrected chi connectivity index (χ2v) is 24.2. The van der Waals surface area contributed by atoms with Gasteiger partial charge in [-0.15, -0.1) is 0 Å². The third kappa shape index (κ3) is 7.65. The summed E-state index contributed by atoms with van der Waals surface area (Å²) in [4.78, 5) is 5.21. The summed E-state index contributed by atoms with van der Waals surface area (Å²) in [5, 5.41) is 2.47. The van der Waals surface area contributed by atoms with Gasteiger partial charge < -0.3 is 9.80 Å². The normalized spacial score (nSPS) is 17.3. The number of para-hydroxylation sites is 2. The summed E-state index contributed by atoms with van der Waals surface area (Å²) in [6.45, 7) is 0. The molecule has 17 rings (SSSR count). The van der Waals surface area contributed by atoms with Gasteiger partial charge in [-0.3, -0.25) is 0 Å². The number of fused-ring (bicyclic) bond motifs is 6. The van der Waals surface area contributed by atoms with Gasteiger partial charge in [-0.25, -0.2) is 0 Å². The summed E-state index contributed by atoms with van der Waals surface area (Å²) >= 11 is 0. The van der Waals surface area contributed by atoms with Crippen molar-refractivity contribution in [2.45, 2.75) is 36.5 Å². The molecule has 86 heavy (non-hydrogen) atoms. The molecule has 0 heterocycles. The topological polar surface area (TPSA) is 6.48 Å². The van der Waals surface area contributed by atoms with Crippen LogP contribution in [0, 0.1) is 11.8 Å². The number of rotatable bonds is 11. The van der Waals surface area contributed by atoms with Crippen LogP contribution in [-0.2, 0) is 23.7 Å². The van der Waals surface area contributed by atoms with Crippen LogP contribution < -0.4 is 9.80 Å². The lowest BCUT2D eigenvalue weighted by Crippen LogP contribution is -2.34. The quantitative estimate of drug-likeness (QED) is 0.127. The summed E-state index contributed by atoms with van der Waals surface area (Å²) in [7, 11) is 0. The van der Waals surface area contributed by atoms with Gasteiger partial charge in [-0.2, -0.15) is 0 Å². The monoisotopic (exact) mass is 1100 g/mol. The van der Waals surface area contributed by atoms with Crippen LogP contribution in [0.5, 0.6) is 0 Å². The molecule has 3 unspecified atom stereocenters. The molecular weight excluding hydrogens is 1040 g/mol. The molecule has 1 spiro atoms. The first kappa shape index (κ1) is 50.3. The van der Waals surface area contributed by atoms with Gasteiger partial charge in [0.2, 0.25) is 0 Å². The average Bonchev–Trinajstić information content (AvgIpc) is 1.59. The Morgan fingerprint density at radius 3 is 1.23 bits per heavy atom. The summed E-state index contributed by atoms with van der Waals surface area (Å²) in [5.41, 5.74) is 27.5. The van der Waals surface area contributed by atoms with E-state index in [0.29, 0.717) is 11.8 Å². The molecule has 3 atom stereocenters. The van der Waals surface area contributed by atoms with Gasteiger partial charge in [0.05, 0.1) is 16.8 Å². The van der Waals surface area contributed by atoms with Crippen molar-refractivity contribution in [3.63, 3.8) is 0 Å². The summed E-state index contributed by atoms with van der Waals surface area (Å²) < 4.78 is 0. The van der Waals surface area contributed by atoms with Gasteiger partial charge in [0.1, 0.15) is 0 Å². The van der Waals surface area contributed by atoms with Crippen molar-refractivity contribution in [3.8, 4) is 44.5 Å². The van der Waals surface area contributed by atoms with E-state index in [-0.39, 0.29) is 5.41 Å². The third-order valence-corrected chi connectivity index (χ3v) is 20.0. The molecule has 0 aliphatic heterocycles. The number of nitrogens with zero attached hydrogens (tertiary/aromatic N) is 2. The molecular formula is C84H62N2. The van der Waals surface area contributed by atoms with Crippen LogP contribution in [-0.4, -0.2) is 0 Å². The predicted octanol–water partition coefficient (Wildman–Crippen LogP) is 21.6. The van der Waals surface area contributed by atoms with E-state index in [2.05, 4.69) is 325 Å². The van der Waals surface area contributed by atoms with Crippen LogP contribution >= 0.6 is 0 Å². The largest absolute Gasteiger partial charge is 0.310 e. The van der Waals surface area contributed by atoms with Crippen LogP contribution in [0.1, 0.15) is 57.3 Å². The van der Waals surface area contributed by atoms with E-state index in [9.17, 15) is 0 Å². The molecule has 408 valence electrons. The number of hydrogen-bond donors (Lipinski definition) is 0. The molecule has 4 aliphatic carbocycles. The van der Waals surface area contributed by atoms with Crippen molar-refractivity contribution in [1.29, 1.82) is 0 Å². The predicted molar refractivity (Wildman–Crippen MR) is 358 cm³/mol. The minimum absolute atomic E-state index is 0.224. The molecule has 2 nitrogen and oxygen atoms in total. The van der Waals surface area contributed by atoms with E-state index in [1.807, 2.05) is 0 Å². The highest BCUT2D eigenvalue weighted by Gasteiger charge is 2.62. The molecule has 0 bridgehead atoms. The maximum absolute atomic E-state index is 2.63. The van der Waals surface area contributed by atoms with E-state index in [1.165, 1.54) is 124 Å². The Balaban J connectivity index is 0.829. The van der Waals surface area contributed by atoms with E-state index >= 15 is 0 Å². The highest BCUT2D eigenvalue weighted by Crippen LogP contribution is 2.69. The number of benzene rings is 13. The second kappa shape index (κ2) is 20.2. The standard InChI is InChI=1S/C84H62N2/c1-6-22-57(23-7-1)58-40-42-59(43-41-58)75-54-61-24-16-17-25-62(61)55-76(75)60-44-48-71(49-45-60)85(69-32-12-4-13-33-69)79-38-20-26-63-52-67-46-47-68-53-64-27-21-39-80(82(64)84(67,68)81(63)79)86(70-34-14-5-15-35-70)72-50-51-74-73-36-18-19-37-77(73)83(78(74)56-72,65-28-8-2-9-29-65)66-30-10-3-11-31-66/h1-45,48-51,54-56,67-68H,46-47,52-53H2. The molecule has 4 aliphatic rings. The fourth-order valence-corrected chi connectivity index (χ4v) is 16.6. The Morgan fingerprint density at radius 2 is 0.686 bits per heavy atom. The van der Waals surface area contributed by atoms with Crippen LogP contribution in [0.25, 0.3) is 55.3 Å². The summed E-state index contributed by atoms with van der Waals surface area (Å²) in [5.74, 6) is 0.908. The first-order valence-corrected chi connectivity index (χ1v) is 30.7. The third-order valence-electron chi connectivity index (χ3n) is 20.0. The van der Waals surface area contributed by atoms with Gasteiger partial charge in [-0.05, 0) is 210 Å². The lowest BCUT2D eigenvalue weighted by atomic mass is 9.67. The van der Waals surface area contributed by atoms with Crippen molar-refractivity contribution < 1.29 is 0 Å². The first-order chi connectivity index (χ1) is 42.6. The SMILES string of the molecule is c1ccc(-c2ccc(-c3cc4ccccc4cc3-c3ccc(N(c4ccccc4)c4cccc5c4C46c7c(cccc7N(c7ccccc7)c7ccc8c(c7)C(c7ccccc7)(c7ccccc7)c7ccccc7-8)CC4CCC6C5)cc3)cc2)cc1. The molecule has 0 saturated heterocycles. The maximum Gasteiger partial charge on any atom is 0.0714 e. The molecule has 1 saturated carbocycles. The maximum atomic E-state index is 2.63. The summed E-state index contributed by atoms with van der Waals surface area (Å²) in [6.07, 6.45) is 4.53. The number of anilines is 6. The Bertz CT molecular complexity index is 4640. The Morgan fingerprint density at radius 1 is 0.279 bits per heavy atom. The van der Waals surface area contributed by atoms with Crippen molar-refractivity contribution in [2.75, 3.05) is 9.80 Å². The molecule has 13 aromatic carbocycles. The molecule has 0 N–H and O–H groups in total. The van der Waals surface area contributed by atoms with Gasteiger partial charge in [0.25, 0.3) is 0 Å². The lowest BCUT2D eigenvalue weighted by Gasteiger charge is -2.40. The van der Waals surface area contributed by atoms with Gasteiger partial charge in [0, 0.05) is 28.2 Å². The van der Waals surface area contributed by atoms with Gasteiger partial charge in [0.15, 0.2) is 0 Å². The number of hydrogen-bond acceptors (Lipinski definition) is 2. The molecule has 0 amide bonds. The van der Waals surface area contributed by atoms with Gasteiger partial charge >= 0.3 is 0 Å². The van der Waals surface area contributed by atoms with Crippen LogP contribution in [0.4, 0.5) is 34.1 Å². The molecule has 0 aromatic heterocycles. The average molecular weight is 1100 g/mol. The lowest BCUT2D eigenvalue weighted by molar-refractivity contribution is 0.350. The molecule has 2 heteroatoms. The smallest absolute Gasteiger partial charge is 0.0714 e. The minimum Gasteiger partial charge on any atom is -0.310 e. The van der Waals surface area contributed by atoms with E-state index < -0.39 is 5.41 Å². The molecule has 13 aromatic rings. The van der Waals surface area contributed by atoms with Gasteiger partial charge in [-0.1, -0.05) is 243 Å². The zero-order valence-electron chi connectivity index (χ0n) is 47.9. The van der Waals surface area contributed by atoms with E-state index in [4.69, 9.17) is 0 Å². The fraction of sp³-hybridized carbons (Fsp3) is 0.0952. The fourth-order valence-electron chi connectivity index (χ4n) is 16.6. The van der Waals surface area contributed by atoms with E-state index in [1.54, 1.807) is 0 Å². The van der Waals surface area contributed by atoms with Crippen molar-refractivity contribution >= 4 is 44.9 Å². The Labute approximate surface area is 504 Å². The van der Waals surface area contributed by atoms with Crippen LogP contribution in [0.15, 0.2) is 315 Å². The highest BCUT2D eigenvalue weighted by atomic mass is 15.2. The van der Waals surface area contributed by atoms with E-state index in [0.717, 1.165) is 35.6 Å². The summed E-state index contributed by atoms with van der Waals surface area (Å²) in [6, 6.07) is 119. The Hall–Kier alpha value is -10.3. The zero-order chi connectivity index (χ0) is 56.8. The molecule has 1 fully saturated rings. The van der Waals surface area contributed by atoms with Crippen LogP contribution in [0.2, 0.25) is 0 Å². The first-order valence-electron chi connectivity index (χ1n) is 30.7. The molecule has 0 radical (unpaired) electrons. The Kier molecular flexibility index (Phi) is 11.8. The van der Waals surface area contributed by atoms with Crippen LogP contribution in [0.3, 0.4) is 0 Å². The minimum atomic E-state index is -0.531. The van der Waals surface area contributed by atoms with Crippen molar-refractivity contribution in [1.82, 2.24) is 0 Å². The van der Waals surface area contributed by atoms with Crippen molar-refractivity contribution in [3.05, 3.63) is 360 Å².